The molecule has 1 atom stereocenters. The Balaban J connectivity index is 3.12. The number of carbonyl (C=O) groups is 1. The fraction of sp³-hybridized carbons (Fsp3) is 0.500. The molecule has 1 aromatic rings. The van der Waals surface area contributed by atoms with Gasteiger partial charge in [-0.05, 0) is 18.4 Å². The van der Waals surface area contributed by atoms with Crippen LogP contribution in [0.3, 0.4) is 0 Å². The molecule has 0 aliphatic rings. The lowest BCUT2D eigenvalue weighted by molar-refractivity contribution is -0.145. The molecular weight excluding hydrogens is 222 g/mol. The lowest BCUT2D eigenvalue weighted by atomic mass is 10.0. The van der Waals surface area contributed by atoms with Gasteiger partial charge in [0.15, 0.2) is 0 Å². The molecule has 0 aliphatic carbocycles. The summed E-state index contributed by atoms with van der Waals surface area (Å²) < 4.78 is 5.98. The van der Waals surface area contributed by atoms with Crippen molar-refractivity contribution in [2.24, 2.45) is 5.92 Å². The Kier molecular flexibility index (Phi) is 4.31. The quantitative estimate of drug-likeness (QED) is 0.804. The second-order valence-corrected chi connectivity index (χ2v) is 4.30. The van der Waals surface area contributed by atoms with Crippen LogP contribution < -0.4 is 5.56 Å². The van der Waals surface area contributed by atoms with Gasteiger partial charge in [-0.15, -0.1) is 0 Å². The van der Waals surface area contributed by atoms with E-state index in [4.69, 9.17) is 9.84 Å². The summed E-state index contributed by atoms with van der Waals surface area (Å²) in [7, 11) is 1.29. The topological polar surface area (TPSA) is 68.5 Å². The highest BCUT2D eigenvalue weighted by atomic mass is 16.5. The molecule has 5 heteroatoms. The van der Waals surface area contributed by atoms with Gasteiger partial charge in [0.2, 0.25) is 0 Å². The van der Waals surface area contributed by atoms with E-state index in [0.717, 1.165) is 6.07 Å². The monoisotopic (exact) mass is 239 g/mol. The maximum absolute atomic E-state index is 11.7. The Morgan fingerprint density at radius 2 is 2.18 bits per heavy atom. The van der Waals surface area contributed by atoms with Crippen LogP contribution in [0.4, 0.5) is 0 Å². The summed E-state index contributed by atoms with van der Waals surface area (Å²) in [4.78, 5) is 23.3. The minimum atomic E-state index is -0.645. The molecular formula is C12H17NO4. The van der Waals surface area contributed by atoms with Gasteiger partial charge in [0, 0.05) is 12.3 Å². The van der Waals surface area contributed by atoms with E-state index < -0.39 is 17.6 Å². The van der Waals surface area contributed by atoms with E-state index in [9.17, 15) is 9.59 Å². The number of aromatic nitrogens is 1. The van der Waals surface area contributed by atoms with E-state index in [0.29, 0.717) is 6.42 Å². The van der Waals surface area contributed by atoms with Crippen molar-refractivity contribution >= 4 is 5.97 Å². The number of rotatable bonds is 4. The molecule has 0 aromatic carbocycles. The lowest BCUT2D eigenvalue weighted by Crippen LogP contribution is -2.30. The van der Waals surface area contributed by atoms with E-state index in [1.807, 2.05) is 13.8 Å². The molecule has 1 aromatic heterocycles. The van der Waals surface area contributed by atoms with Crippen molar-refractivity contribution in [1.29, 1.82) is 0 Å². The predicted octanol–water partition coefficient (Wildman–Crippen LogP) is 1.31. The zero-order valence-corrected chi connectivity index (χ0v) is 10.2. The van der Waals surface area contributed by atoms with E-state index in [2.05, 4.69) is 0 Å². The lowest BCUT2D eigenvalue weighted by Gasteiger charge is -2.19. The minimum Gasteiger partial charge on any atom is -0.508 e. The van der Waals surface area contributed by atoms with Crippen LogP contribution in [0.25, 0.3) is 0 Å². The fourth-order valence-corrected chi connectivity index (χ4v) is 1.64. The van der Waals surface area contributed by atoms with Gasteiger partial charge in [-0.2, -0.15) is 0 Å². The summed E-state index contributed by atoms with van der Waals surface area (Å²) in [5, 5.41) is 9.17. The number of esters is 1. The van der Waals surface area contributed by atoms with Crippen LogP contribution in [0.1, 0.15) is 26.3 Å². The molecule has 0 saturated heterocycles. The number of ether oxygens (including phenoxy) is 1. The van der Waals surface area contributed by atoms with Crippen molar-refractivity contribution in [2.75, 3.05) is 7.11 Å². The third-order valence-electron chi connectivity index (χ3n) is 2.44. The molecule has 1 heterocycles. The normalized spacial score (nSPS) is 12.5. The number of hydrogen-bond acceptors (Lipinski definition) is 4. The molecule has 1 unspecified atom stereocenters. The average molecular weight is 239 g/mol. The predicted molar refractivity (Wildman–Crippen MR) is 62.9 cm³/mol. The average Bonchev–Trinajstić information content (AvgIpc) is 2.25. The van der Waals surface area contributed by atoms with Crippen LogP contribution >= 0.6 is 0 Å². The summed E-state index contributed by atoms with van der Waals surface area (Å²) in [5.41, 5.74) is -0.416. The Bertz CT molecular complexity index is 450. The van der Waals surface area contributed by atoms with Crippen LogP contribution in [0, 0.1) is 5.92 Å². The van der Waals surface area contributed by atoms with Crippen molar-refractivity contribution < 1.29 is 14.6 Å². The van der Waals surface area contributed by atoms with Crippen LogP contribution in [0.2, 0.25) is 0 Å². The fourth-order valence-electron chi connectivity index (χ4n) is 1.64. The first-order valence-electron chi connectivity index (χ1n) is 5.44. The number of pyridine rings is 1. The molecule has 0 radical (unpaired) electrons. The highest BCUT2D eigenvalue weighted by Crippen LogP contribution is 2.18. The van der Waals surface area contributed by atoms with Crippen molar-refractivity contribution in [1.82, 2.24) is 4.57 Å². The first-order valence-corrected chi connectivity index (χ1v) is 5.44. The third kappa shape index (κ3) is 3.34. The maximum Gasteiger partial charge on any atom is 0.328 e. The number of carbonyl (C=O) groups excluding carboxylic acids is 1. The highest BCUT2D eigenvalue weighted by molar-refractivity contribution is 5.74. The first-order chi connectivity index (χ1) is 7.95. The second kappa shape index (κ2) is 5.52. The van der Waals surface area contributed by atoms with E-state index in [1.165, 1.54) is 23.9 Å². The zero-order valence-electron chi connectivity index (χ0n) is 10.2. The van der Waals surface area contributed by atoms with Crippen molar-refractivity contribution in [3.05, 3.63) is 28.7 Å². The van der Waals surface area contributed by atoms with E-state index >= 15 is 0 Å². The molecule has 0 spiro atoms. The molecule has 1 N–H and O–H groups in total. The van der Waals surface area contributed by atoms with Gasteiger partial charge in [-0.25, -0.2) is 4.79 Å². The van der Waals surface area contributed by atoms with Gasteiger partial charge in [-0.3, -0.25) is 4.79 Å². The van der Waals surface area contributed by atoms with Gasteiger partial charge in [-0.1, -0.05) is 13.8 Å². The largest absolute Gasteiger partial charge is 0.508 e. The summed E-state index contributed by atoms with van der Waals surface area (Å²) in [6, 6.07) is 1.81. The first kappa shape index (κ1) is 13.3. The maximum atomic E-state index is 11.7. The van der Waals surface area contributed by atoms with Gasteiger partial charge in [0.05, 0.1) is 7.11 Å². The highest BCUT2D eigenvalue weighted by Gasteiger charge is 2.23. The summed E-state index contributed by atoms with van der Waals surface area (Å²) >= 11 is 0. The van der Waals surface area contributed by atoms with Crippen LogP contribution in [-0.4, -0.2) is 22.8 Å². The number of aromatic hydroxyl groups is 1. The standard InChI is InChI=1S/C12H17NO4/c1-8(2)6-10(12(16)17-3)13-5-4-9(14)7-11(13)15/h4-5,7-8,10,14H,6H2,1-3H3. The Labute approximate surface area is 99.6 Å². The van der Waals surface area contributed by atoms with E-state index in [-0.39, 0.29) is 11.7 Å². The smallest absolute Gasteiger partial charge is 0.328 e. The van der Waals surface area contributed by atoms with Crippen LogP contribution in [-0.2, 0) is 9.53 Å². The SMILES string of the molecule is COC(=O)C(CC(C)C)n1ccc(O)cc1=O. The number of methoxy groups -OCH3 is 1. The Morgan fingerprint density at radius 1 is 1.53 bits per heavy atom. The molecule has 5 nitrogen and oxygen atoms in total. The van der Waals surface area contributed by atoms with Gasteiger partial charge in [0.25, 0.3) is 5.56 Å². The van der Waals surface area contributed by atoms with Gasteiger partial charge >= 0.3 is 5.97 Å². The minimum absolute atomic E-state index is 0.112. The molecule has 17 heavy (non-hydrogen) atoms. The van der Waals surface area contributed by atoms with Gasteiger partial charge < -0.3 is 14.4 Å². The zero-order chi connectivity index (χ0) is 13.0. The summed E-state index contributed by atoms with van der Waals surface area (Å²) in [5.74, 6) is -0.314. The molecule has 0 amide bonds. The molecule has 0 saturated carbocycles. The van der Waals surface area contributed by atoms with Crippen molar-refractivity contribution in [2.45, 2.75) is 26.3 Å². The van der Waals surface area contributed by atoms with Crippen molar-refractivity contribution in [3.8, 4) is 5.75 Å². The number of nitrogens with zero attached hydrogens (tertiary/aromatic N) is 1. The van der Waals surface area contributed by atoms with Crippen LogP contribution in [0.15, 0.2) is 23.1 Å². The van der Waals surface area contributed by atoms with Crippen LogP contribution in [0.5, 0.6) is 5.75 Å². The van der Waals surface area contributed by atoms with E-state index in [1.54, 1.807) is 0 Å². The molecule has 0 aliphatic heterocycles. The molecule has 1 rings (SSSR count). The third-order valence-corrected chi connectivity index (χ3v) is 2.44. The molecule has 94 valence electrons. The van der Waals surface area contributed by atoms with Gasteiger partial charge in [0.1, 0.15) is 11.8 Å². The molecule has 0 bridgehead atoms. The summed E-state index contributed by atoms with van der Waals surface area (Å²) in [6.45, 7) is 3.92. The van der Waals surface area contributed by atoms with Crippen molar-refractivity contribution in [3.63, 3.8) is 0 Å². The Hall–Kier alpha value is -1.78. The Morgan fingerprint density at radius 3 is 2.65 bits per heavy atom. The number of hydrogen-bond donors (Lipinski definition) is 1. The second-order valence-electron chi connectivity index (χ2n) is 4.30. The summed E-state index contributed by atoms with van der Waals surface area (Å²) in [6.07, 6.45) is 1.92. The molecule has 0 fully saturated rings.